The van der Waals surface area contributed by atoms with Crippen LogP contribution in [-0.2, 0) is 0 Å². The summed E-state index contributed by atoms with van der Waals surface area (Å²) in [5.74, 6) is 0.799. The summed E-state index contributed by atoms with van der Waals surface area (Å²) in [6.07, 6.45) is 0. The number of fused-ring (bicyclic) bond motifs is 2. The van der Waals surface area contributed by atoms with Crippen LogP contribution >= 0.6 is 11.3 Å². The van der Waals surface area contributed by atoms with Crippen molar-refractivity contribution in [1.82, 2.24) is 19.8 Å². The van der Waals surface area contributed by atoms with Crippen molar-refractivity contribution in [2.75, 3.05) is 5.32 Å². The van der Waals surface area contributed by atoms with Crippen LogP contribution in [0.1, 0.15) is 33.1 Å². The summed E-state index contributed by atoms with van der Waals surface area (Å²) in [6, 6.07) is 11.6. The van der Waals surface area contributed by atoms with Crippen molar-refractivity contribution in [3.63, 3.8) is 0 Å². The van der Waals surface area contributed by atoms with Crippen molar-refractivity contribution >= 4 is 38.9 Å². The Hall–Kier alpha value is -3.52. The first-order valence-electron chi connectivity index (χ1n) is 9.52. The van der Waals surface area contributed by atoms with Crippen LogP contribution in [0.3, 0.4) is 0 Å². The van der Waals surface area contributed by atoms with Crippen molar-refractivity contribution in [3.8, 4) is 10.6 Å². The molecule has 5 rings (SSSR count). The number of hydrogen-bond acceptors (Lipinski definition) is 6. The molecule has 7 nitrogen and oxygen atoms in total. The molecule has 0 aliphatic rings. The van der Waals surface area contributed by atoms with Crippen LogP contribution in [0.5, 0.6) is 0 Å². The monoisotopic (exact) mass is 417 g/mol. The van der Waals surface area contributed by atoms with Gasteiger partial charge in [-0.25, -0.2) is 0 Å². The molecule has 0 saturated heterocycles. The summed E-state index contributed by atoms with van der Waals surface area (Å²) in [5.41, 5.74) is 5.36. The van der Waals surface area contributed by atoms with Crippen LogP contribution in [0.4, 0.5) is 5.69 Å². The lowest BCUT2D eigenvalue weighted by molar-refractivity contribution is 0.0998. The highest BCUT2D eigenvalue weighted by atomic mass is 32.1. The van der Waals surface area contributed by atoms with E-state index in [9.17, 15) is 4.79 Å². The molecular formula is C22H19N5O2S. The van der Waals surface area contributed by atoms with Crippen LogP contribution < -0.4 is 5.32 Å². The first-order valence-corrected chi connectivity index (χ1v) is 10.3. The minimum absolute atomic E-state index is 0.271. The SMILES string of the molecule is Cc1ccc2c(C)c(C(=O)Nc3cccc(-c4nn5c(C)nnc5s4)c3)oc2c1C. The molecule has 0 radical (unpaired) electrons. The van der Waals surface area contributed by atoms with Crippen molar-refractivity contribution in [1.29, 1.82) is 0 Å². The predicted octanol–water partition coefficient (Wildman–Crippen LogP) is 5.08. The normalized spacial score (nSPS) is 11.5. The Morgan fingerprint density at radius 2 is 1.90 bits per heavy atom. The van der Waals surface area contributed by atoms with E-state index in [0.717, 1.165) is 49.0 Å². The van der Waals surface area contributed by atoms with Gasteiger partial charge in [-0.3, -0.25) is 4.79 Å². The van der Waals surface area contributed by atoms with Crippen LogP contribution in [-0.4, -0.2) is 25.7 Å². The lowest BCUT2D eigenvalue weighted by Crippen LogP contribution is -2.12. The molecule has 0 spiro atoms. The second-order valence-corrected chi connectivity index (χ2v) is 8.28. The number of rotatable bonds is 3. The standard InChI is InChI=1S/C22H19N5O2S/c1-11-8-9-17-13(3)19(29-18(17)12(11)2)20(28)23-16-7-5-6-15(10-16)21-26-27-14(4)24-25-22(27)30-21/h5-10H,1-4H3,(H,23,28). The summed E-state index contributed by atoms with van der Waals surface area (Å²) < 4.78 is 7.68. The van der Waals surface area contributed by atoms with Crippen LogP contribution in [0, 0.1) is 27.7 Å². The first kappa shape index (κ1) is 18.5. The molecular weight excluding hydrogens is 398 g/mol. The lowest BCUT2D eigenvalue weighted by Gasteiger charge is -2.05. The predicted molar refractivity (Wildman–Crippen MR) is 117 cm³/mol. The van der Waals surface area contributed by atoms with Gasteiger partial charge in [0.15, 0.2) is 11.6 Å². The topological polar surface area (TPSA) is 85.3 Å². The molecule has 0 saturated carbocycles. The van der Waals surface area contributed by atoms with Gasteiger partial charge in [-0.2, -0.15) is 9.61 Å². The Bertz CT molecular complexity index is 1440. The summed E-state index contributed by atoms with van der Waals surface area (Å²) in [4.78, 5) is 13.7. The Balaban J connectivity index is 1.47. The smallest absolute Gasteiger partial charge is 0.291 e. The number of anilines is 1. The van der Waals surface area contributed by atoms with E-state index in [1.807, 2.05) is 64.1 Å². The maximum atomic E-state index is 13.0. The number of aromatic nitrogens is 4. The number of carbonyl (C=O) groups excluding carboxylic acids is 1. The van der Waals surface area contributed by atoms with E-state index in [2.05, 4.69) is 20.6 Å². The summed E-state index contributed by atoms with van der Waals surface area (Å²) in [6.45, 7) is 7.81. The minimum Gasteiger partial charge on any atom is -0.450 e. The molecule has 2 aromatic carbocycles. The van der Waals surface area contributed by atoms with E-state index < -0.39 is 0 Å². The van der Waals surface area contributed by atoms with Gasteiger partial charge in [-0.15, -0.1) is 10.2 Å². The molecule has 30 heavy (non-hydrogen) atoms. The number of nitrogens with one attached hydrogen (secondary N) is 1. The van der Waals surface area contributed by atoms with E-state index >= 15 is 0 Å². The van der Waals surface area contributed by atoms with Crippen LogP contribution in [0.15, 0.2) is 40.8 Å². The number of carbonyl (C=O) groups is 1. The van der Waals surface area contributed by atoms with Gasteiger partial charge in [0, 0.05) is 22.2 Å². The second kappa shape index (κ2) is 6.77. The third kappa shape index (κ3) is 2.88. The van der Waals surface area contributed by atoms with Crippen molar-refractivity contribution in [2.45, 2.75) is 27.7 Å². The fourth-order valence-corrected chi connectivity index (χ4v) is 4.37. The maximum Gasteiger partial charge on any atom is 0.291 e. The summed E-state index contributed by atoms with van der Waals surface area (Å²) >= 11 is 1.45. The maximum absolute atomic E-state index is 13.0. The third-order valence-electron chi connectivity index (χ3n) is 5.35. The average Bonchev–Trinajstić information content (AvgIpc) is 3.40. The largest absolute Gasteiger partial charge is 0.450 e. The molecule has 1 N–H and O–H groups in total. The van der Waals surface area contributed by atoms with E-state index in [4.69, 9.17) is 4.42 Å². The molecule has 3 heterocycles. The second-order valence-electron chi connectivity index (χ2n) is 7.32. The number of amides is 1. The molecule has 0 aliphatic carbocycles. The molecule has 0 atom stereocenters. The average molecular weight is 417 g/mol. The number of nitrogens with zero attached hydrogens (tertiary/aromatic N) is 4. The number of furan rings is 1. The van der Waals surface area contributed by atoms with Crippen molar-refractivity contribution in [3.05, 3.63) is 64.7 Å². The van der Waals surface area contributed by atoms with E-state index in [1.54, 1.807) is 4.52 Å². The molecule has 8 heteroatoms. The van der Waals surface area contributed by atoms with Gasteiger partial charge < -0.3 is 9.73 Å². The fourth-order valence-electron chi connectivity index (χ4n) is 3.48. The molecule has 0 fully saturated rings. The molecule has 5 aromatic rings. The Labute approximate surface area is 176 Å². The van der Waals surface area contributed by atoms with Crippen LogP contribution in [0.2, 0.25) is 0 Å². The van der Waals surface area contributed by atoms with Gasteiger partial charge in [-0.05, 0) is 51.0 Å². The molecule has 3 aromatic heterocycles. The number of aryl methyl sites for hydroxylation is 4. The highest BCUT2D eigenvalue weighted by Gasteiger charge is 2.20. The zero-order valence-electron chi connectivity index (χ0n) is 17.0. The quantitative estimate of drug-likeness (QED) is 0.442. The molecule has 150 valence electrons. The molecule has 0 aliphatic heterocycles. The molecule has 0 unspecified atom stereocenters. The van der Waals surface area contributed by atoms with Gasteiger partial charge in [-0.1, -0.05) is 35.6 Å². The third-order valence-corrected chi connectivity index (χ3v) is 6.29. The van der Waals surface area contributed by atoms with Crippen molar-refractivity contribution in [2.24, 2.45) is 0 Å². The Morgan fingerprint density at radius 1 is 1.07 bits per heavy atom. The van der Waals surface area contributed by atoms with Gasteiger partial charge in [0.1, 0.15) is 10.6 Å². The fraction of sp³-hybridized carbons (Fsp3) is 0.182. The van der Waals surface area contributed by atoms with Gasteiger partial charge in [0.2, 0.25) is 4.96 Å². The van der Waals surface area contributed by atoms with E-state index in [0.29, 0.717) is 11.4 Å². The highest BCUT2D eigenvalue weighted by molar-refractivity contribution is 7.19. The van der Waals surface area contributed by atoms with Gasteiger partial charge in [0.05, 0.1) is 0 Å². The lowest BCUT2D eigenvalue weighted by atomic mass is 10.0. The summed E-state index contributed by atoms with van der Waals surface area (Å²) in [7, 11) is 0. The van der Waals surface area contributed by atoms with Gasteiger partial charge in [0.25, 0.3) is 5.91 Å². The Morgan fingerprint density at radius 3 is 2.70 bits per heavy atom. The minimum atomic E-state index is -0.271. The number of benzene rings is 2. The zero-order valence-corrected chi connectivity index (χ0v) is 17.8. The van der Waals surface area contributed by atoms with E-state index in [1.165, 1.54) is 11.3 Å². The van der Waals surface area contributed by atoms with E-state index in [-0.39, 0.29) is 5.91 Å². The number of hydrogen-bond donors (Lipinski definition) is 1. The van der Waals surface area contributed by atoms with Gasteiger partial charge >= 0.3 is 0 Å². The summed E-state index contributed by atoms with van der Waals surface area (Å²) in [5, 5.41) is 17.4. The first-order chi connectivity index (χ1) is 14.4. The molecule has 0 bridgehead atoms. The zero-order chi connectivity index (χ0) is 21.0. The van der Waals surface area contributed by atoms with Crippen LogP contribution in [0.25, 0.3) is 26.5 Å². The molecule has 1 amide bonds. The highest BCUT2D eigenvalue weighted by Crippen LogP contribution is 2.31. The Kier molecular flexibility index (Phi) is 4.18. The van der Waals surface area contributed by atoms with Crippen molar-refractivity contribution < 1.29 is 9.21 Å².